The van der Waals surface area contributed by atoms with Crippen molar-refractivity contribution in [3.8, 4) is 5.75 Å². The number of nitrogens with one attached hydrogen (secondary N) is 1. The molecule has 1 aliphatic rings. The van der Waals surface area contributed by atoms with Crippen LogP contribution in [0.15, 0.2) is 41.3 Å². The second-order valence-electron chi connectivity index (χ2n) is 6.35. The maximum Gasteiger partial charge on any atom is 0.293 e. The third-order valence-corrected chi connectivity index (χ3v) is 4.62. The van der Waals surface area contributed by atoms with Crippen molar-refractivity contribution >= 4 is 11.6 Å². The molecule has 2 N–H and O–H groups in total. The van der Waals surface area contributed by atoms with Crippen molar-refractivity contribution in [2.75, 3.05) is 18.0 Å². The van der Waals surface area contributed by atoms with E-state index in [1.807, 2.05) is 18.2 Å². The highest BCUT2D eigenvalue weighted by Gasteiger charge is 2.17. The molecule has 6 nitrogen and oxygen atoms in total. The van der Waals surface area contributed by atoms with Gasteiger partial charge < -0.3 is 19.9 Å². The Bertz CT molecular complexity index is 823. The quantitative estimate of drug-likeness (QED) is 0.892. The lowest BCUT2D eigenvalue weighted by molar-refractivity contribution is 0.0948. The summed E-state index contributed by atoms with van der Waals surface area (Å²) in [6.07, 6.45) is 5.10. The monoisotopic (exact) mass is 341 g/mol. The first kappa shape index (κ1) is 17.1. The average Bonchev–Trinajstić information content (AvgIpc) is 2.65. The zero-order valence-electron chi connectivity index (χ0n) is 14.4. The Morgan fingerprint density at radius 1 is 1.16 bits per heavy atom. The van der Waals surface area contributed by atoms with Crippen LogP contribution >= 0.6 is 0 Å². The summed E-state index contributed by atoms with van der Waals surface area (Å²) in [7, 11) is 1.53. The number of carbonyl (C=O) groups excluding carboxylic acids is 1. The maximum atomic E-state index is 12.4. The Hall–Kier alpha value is -2.76. The summed E-state index contributed by atoms with van der Waals surface area (Å²) in [5.74, 6) is -0.976. The van der Waals surface area contributed by atoms with E-state index in [1.165, 1.54) is 43.1 Å². The highest BCUT2D eigenvalue weighted by atomic mass is 16.3. The first-order chi connectivity index (χ1) is 12.1. The van der Waals surface area contributed by atoms with Crippen molar-refractivity contribution in [1.29, 1.82) is 0 Å². The number of hydrogen-bond acceptors (Lipinski definition) is 4. The number of para-hydroxylation sites is 1. The van der Waals surface area contributed by atoms with Crippen molar-refractivity contribution in [2.24, 2.45) is 7.05 Å². The number of aromatic nitrogens is 1. The van der Waals surface area contributed by atoms with Gasteiger partial charge in [-0.2, -0.15) is 0 Å². The molecule has 0 radical (unpaired) electrons. The molecular weight excluding hydrogens is 318 g/mol. The second kappa shape index (κ2) is 7.42. The summed E-state index contributed by atoms with van der Waals surface area (Å²) in [5, 5.41) is 12.7. The summed E-state index contributed by atoms with van der Waals surface area (Å²) in [6, 6.07) is 9.46. The van der Waals surface area contributed by atoms with Gasteiger partial charge in [0, 0.05) is 38.6 Å². The number of hydrogen-bond donors (Lipinski definition) is 2. The Morgan fingerprint density at radius 3 is 2.64 bits per heavy atom. The van der Waals surface area contributed by atoms with Crippen LogP contribution in [0.1, 0.15) is 35.2 Å². The van der Waals surface area contributed by atoms with E-state index in [0.717, 1.165) is 24.3 Å². The highest BCUT2D eigenvalue weighted by molar-refractivity contribution is 5.96. The minimum atomic E-state index is -0.582. The van der Waals surface area contributed by atoms with E-state index in [9.17, 15) is 14.7 Å². The summed E-state index contributed by atoms with van der Waals surface area (Å²) in [4.78, 5) is 26.5. The molecule has 1 fully saturated rings. The molecule has 0 atom stereocenters. The van der Waals surface area contributed by atoms with E-state index in [-0.39, 0.29) is 5.56 Å². The average molecular weight is 341 g/mol. The molecule has 1 aliphatic heterocycles. The zero-order valence-corrected chi connectivity index (χ0v) is 14.4. The van der Waals surface area contributed by atoms with Crippen LogP contribution in [0.4, 0.5) is 5.69 Å². The van der Waals surface area contributed by atoms with Crippen LogP contribution in [0.25, 0.3) is 0 Å². The molecule has 2 aromatic rings. The van der Waals surface area contributed by atoms with Gasteiger partial charge in [0.05, 0.1) is 5.56 Å². The molecule has 0 spiro atoms. The molecule has 6 heteroatoms. The summed E-state index contributed by atoms with van der Waals surface area (Å²) in [5.41, 5.74) is 1.58. The van der Waals surface area contributed by atoms with Gasteiger partial charge in [-0.05, 0) is 37.0 Å². The molecule has 0 unspecified atom stereocenters. The lowest BCUT2D eigenvalue weighted by Crippen LogP contribution is -2.31. The number of aromatic hydroxyl groups is 1. The number of amides is 1. The normalized spacial score (nSPS) is 14.4. The largest absolute Gasteiger partial charge is 0.502 e. The molecule has 2 heterocycles. The SMILES string of the molecule is Cn1ccc(C(=O)NCc2ccccc2N2CCCCC2)c(O)c1=O. The Morgan fingerprint density at radius 2 is 1.88 bits per heavy atom. The number of aryl methyl sites for hydroxylation is 1. The molecule has 1 amide bonds. The van der Waals surface area contributed by atoms with Gasteiger partial charge in [-0.25, -0.2) is 0 Å². The maximum absolute atomic E-state index is 12.4. The number of carbonyl (C=O) groups is 1. The van der Waals surface area contributed by atoms with Crippen LogP contribution < -0.4 is 15.8 Å². The second-order valence-corrected chi connectivity index (χ2v) is 6.35. The van der Waals surface area contributed by atoms with Crippen molar-refractivity contribution < 1.29 is 9.90 Å². The third-order valence-electron chi connectivity index (χ3n) is 4.62. The van der Waals surface area contributed by atoms with Crippen molar-refractivity contribution in [1.82, 2.24) is 9.88 Å². The molecule has 1 aromatic carbocycles. The first-order valence-electron chi connectivity index (χ1n) is 8.57. The van der Waals surface area contributed by atoms with E-state index >= 15 is 0 Å². The molecular formula is C19H23N3O3. The van der Waals surface area contributed by atoms with E-state index in [4.69, 9.17) is 0 Å². The molecule has 0 saturated carbocycles. The predicted octanol–water partition coefficient (Wildman–Crippen LogP) is 2.01. The van der Waals surface area contributed by atoms with Gasteiger partial charge in [-0.15, -0.1) is 0 Å². The zero-order chi connectivity index (χ0) is 17.8. The fourth-order valence-electron chi connectivity index (χ4n) is 3.17. The molecule has 1 saturated heterocycles. The topological polar surface area (TPSA) is 74.6 Å². The van der Waals surface area contributed by atoms with E-state index in [2.05, 4.69) is 16.3 Å². The van der Waals surface area contributed by atoms with Crippen molar-refractivity contribution in [2.45, 2.75) is 25.8 Å². The first-order valence-corrected chi connectivity index (χ1v) is 8.57. The van der Waals surface area contributed by atoms with Gasteiger partial charge in [0.2, 0.25) is 0 Å². The van der Waals surface area contributed by atoms with Gasteiger partial charge >= 0.3 is 0 Å². The number of benzene rings is 1. The fraction of sp³-hybridized carbons (Fsp3) is 0.368. The van der Waals surface area contributed by atoms with Crippen LogP contribution in [0.5, 0.6) is 5.75 Å². The van der Waals surface area contributed by atoms with E-state index in [0.29, 0.717) is 6.54 Å². The van der Waals surface area contributed by atoms with Gasteiger partial charge in [0.15, 0.2) is 5.75 Å². The standard InChI is InChI=1S/C19H23N3O3/c1-21-12-9-15(17(23)19(21)25)18(24)20-13-14-7-3-4-8-16(14)22-10-5-2-6-11-22/h3-4,7-9,12,23H,2,5-6,10-11,13H2,1H3,(H,20,24). The molecule has 25 heavy (non-hydrogen) atoms. The molecule has 0 bridgehead atoms. The minimum Gasteiger partial charge on any atom is -0.502 e. The van der Waals surface area contributed by atoms with Crippen LogP contribution in [0.2, 0.25) is 0 Å². The van der Waals surface area contributed by atoms with E-state index < -0.39 is 17.2 Å². The van der Waals surface area contributed by atoms with Crippen LogP contribution in [0.3, 0.4) is 0 Å². The Balaban J connectivity index is 1.75. The molecule has 1 aromatic heterocycles. The molecule has 3 rings (SSSR count). The van der Waals surface area contributed by atoms with Gasteiger partial charge in [0.25, 0.3) is 11.5 Å². The van der Waals surface area contributed by atoms with Crippen LogP contribution in [0, 0.1) is 0 Å². The number of pyridine rings is 1. The number of anilines is 1. The summed E-state index contributed by atoms with van der Waals surface area (Å²) in [6.45, 7) is 2.40. The number of nitrogens with zero attached hydrogens (tertiary/aromatic N) is 2. The molecule has 0 aliphatic carbocycles. The minimum absolute atomic E-state index is 0.00134. The predicted molar refractivity (Wildman–Crippen MR) is 97.0 cm³/mol. The van der Waals surface area contributed by atoms with Crippen LogP contribution in [-0.4, -0.2) is 28.7 Å². The Labute approximate surface area is 146 Å². The fourth-order valence-corrected chi connectivity index (χ4v) is 3.17. The van der Waals surface area contributed by atoms with Gasteiger partial charge in [0.1, 0.15) is 0 Å². The Kier molecular flexibility index (Phi) is 5.07. The van der Waals surface area contributed by atoms with Gasteiger partial charge in [-0.3, -0.25) is 9.59 Å². The smallest absolute Gasteiger partial charge is 0.293 e. The molecule has 132 valence electrons. The lowest BCUT2D eigenvalue weighted by Gasteiger charge is -2.30. The number of piperidine rings is 1. The summed E-state index contributed by atoms with van der Waals surface area (Å²) >= 11 is 0. The van der Waals surface area contributed by atoms with Gasteiger partial charge in [-0.1, -0.05) is 18.2 Å². The highest BCUT2D eigenvalue weighted by Crippen LogP contribution is 2.24. The van der Waals surface area contributed by atoms with Crippen molar-refractivity contribution in [3.05, 3.63) is 58.0 Å². The third kappa shape index (κ3) is 3.68. The van der Waals surface area contributed by atoms with E-state index in [1.54, 1.807) is 0 Å². The number of rotatable bonds is 4. The van der Waals surface area contributed by atoms with Crippen molar-refractivity contribution in [3.63, 3.8) is 0 Å². The lowest BCUT2D eigenvalue weighted by atomic mass is 10.1. The van der Waals surface area contributed by atoms with Crippen LogP contribution in [-0.2, 0) is 13.6 Å². The summed E-state index contributed by atoms with van der Waals surface area (Å²) < 4.78 is 1.23.